The molecule has 0 aliphatic rings. The predicted molar refractivity (Wildman–Crippen MR) is 130 cm³/mol. The number of nitrogens with two attached hydrogens (primary N) is 1. The molecular formula is C26H52N2O2. The van der Waals surface area contributed by atoms with Crippen molar-refractivity contribution in [3.8, 4) is 0 Å². The van der Waals surface area contributed by atoms with Crippen LogP contribution in [0.2, 0.25) is 0 Å². The first kappa shape index (κ1) is 29.1. The van der Waals surface area contributed by atoms with Gasteiger partial charge in [-0.2, -0.15) is 5.90 Å². The fourth-order valence-corrected chi connectivity index (χ4v) is 4.10. The van der Waals surface area contributed by atoms with E-state index in [-0.39, 0.29) is 5.92 Å². The molecule has 0 spiro atoms. The van der Waals surface area contributed by atoms with Crippen LogP contribution in [0.3, 0.4) is 0 Å². The third-order valence-electron chi connectivity index (χ3n) is 6.22. The van der Waals surface area contributed by atoms with E-state index >= 15 is 0 Å². The van der Waals surface area contributed by atoms with Crippen LogP contribution in [-0.2, 0) is 9.63 Å². The fraction of sp³-hybridized carbons (Fsp3) is 0.885. The van der Waals surface area contributed by atoms with Crippen molar-refractivity contribution < 1.29 is 9.63 Å². The molecule has 0 fully saturated rings. The van der Waals surface area contributed by atoms with E-state index in [2.05, 4.69) is 37.1 Å². The predicted octanol–water partition coefficient (Wildman–Crippen LogP) is 7.18. The molecule has 0 saturated heterocycles. The van der Waals surface area contributed by atoms with Crippen LogP contribution in [0.25, 0.3) is 0 Å². The molecule has 4 nitrogen and oxygen atoms in total. The highest BCUT2D eigenvalue weighted by Crippen LogP contribution is 2.23. The van der Waals surface area contributed by atoms with Gasteiger partial charge in [0.25, 0.3) is 0 Å². The van der Waals surface area contributed by atoms with Crippen LogP contribution >= 0.6 is 0 Å². The van der Waals surface area contributed by atoms with Crippen LogP contribution in [0.5, 0.6) is 0 Å². The number of hydrogen-bond donors (Lipinski definition) is 1. The van der Waals surface area contributed by atoms with Gasteiger partial charge in [-0.3, -0.25) is 0 Å². The highest BCUT2D eigenvalue weighted by molar-refractivity contribution is 5.87. The molecule has 1 unspecified atom stereocenters. The van der Waals surface area contributed by atoms with Crippen LogP contribution in [0, 0.1) is 5.92 Å². The van der Waals surface area contributed by atoms with Crippen LogP contribution < -0.4 is 5.90 Å². The summed E-state index contributed by atoms with van der Waals surface area (Å²) in [6.07, 6.45) is 19.9. The summed E-state index contributed by atoms with van der Waals surface area (Å²) in [5.41, 5.74) is 0.558. The largest absolute Gasteiger partial charge is 0.370 e. The highest BCUT2D eigenvalue weighted by Gasteiger charge is 2.21. The van der Waals surface area contributed by atoms with Gasteiger partial charge >= 0.3 is 5.97 Å². The Hall–Kier alpha value is -0.870. The Morgan fingerprint density at radius 1 is 0.733 bits per heavy atom. The van der Waals surface area contributed by atoms with Gasteiger partial charge in [0.15, 0.2) is 0 Å². The second-order valence-electron chi connectivity index (χ2n) is 8.94. The average molecular weight is 425 g/mol. The summed E-state index contributed by atoms with van der Waals surface area (Å²) in [7, 11) is 0. The number of carbonyl (C=O) groups excluding carboxylic acids is 1. The quantitative estimate of drug-likeness (QED) is 0.114. The summed E-state index contributed by atoms with van der Waals surface area (Å²) in [6, 6.07) is 0. The van der Waals surface area contributed by atoms with Gasteiger partial charge < -0.3 is 9.74 Å². The molecule has 30 heavy (non-hydrogen) atoms. The molecule has 0 bridgehead atoms. The summed E-state index contributed by atoms with van der Waals surface area (Å²) in [4.78, 5) is 19.1. The lowest BCUT2D eigenvalue weighted by molar-refractivity contribution is -0.140. The SMILES string of the molecule is C=C(C(=O)ON)C(CCCCCCCC)CCN(CCCCCC)CCCCCC. The van der Waals surface area contributed by atoms with Crippen LogP contribution in [-0.4, -0.2) is 30.5 Å². The molecule has 0 radical (unpaired) electrons. The van der Waals surface area contributed by atoms with Crippen LogP contribution in [0.15, 0.2) is 12.2 Å². The Bertz CT molecular complexity index is 400. The lowest BCUT2D eigenvalue weighted by atomic mass is 9.90. The zero-order chi connectivity index (χ0) is 22.5. The van der Waals surface area contributed by atoms with Gasteiger partial charge in [-0.25, -0.2) is 4.79 Å². The van der Waals surface area contributed by atoms with E-state index in [4.69, 9.17) is 5.90 Å². The maximum Gasteiger partial charge on any atom is 0.352 e. The topological polar surface area (TPSA) is 55.6 Å². The minimum absolute atomic E-state index is 0.181. The number of hydrogen-bond acceptors (Lipinski definition) is 4. The molecule has 0 aromatic heterocycles. The van der Waals surface area contributed by atoms with Gasteiger partial charge in [-0.1, -0.05) is 104 Å². The van der Waals surface area contributed by atoms with E-state index < -0.39 is 5.97 Å². The van der Waals surface area contributed by atoms with E-state index in [0.29, 0.717) is 5.57 Å². The lowest BCUT2D eigenvalue weighted by Gasteiger charge is -2.26. The second-order valence-corrected chi connectivity index (χ2v) is 8.94. The molecular weight excluding hydrogens is 372 g/mol. The highest BCUT2D eigenvalue weighted by atomic mass is 16.7. The molecule has 0 heterocycles. The number of unbranched alkanes of at least 4 members (excludes halogenated alkanes) is 11. The van der Waals surface area contributed by atoms with E-state index in [9.17, 15) is 4.79 Å². The number of rotatable bonds is 22. The summed E-state index contributed by atoms with van der Waals surface area (Å²) < 4.78 is 0. The summed E-state index contributed by atoms with van der Waals surface area (Å²) in [5, 5.41) is 0. The summed E-state index contributed by atoms with van der Waals surface area (Å²) in [5.74, 6) is 4.88. The van der Waals surface area contributed by atoms with Crippen molar-refractivity contribution >= 4 is 5.97 Å². The van der Waals surface area contributed by atoms with Gasteiger partial charge in [0.2, 0.25) is 0 Å². The monoisotopic (exact) mass is 424 g/mol. The Morgan fingerprint density at radius 3 is 1.70 bits per heavy atom. The molecule has 4 heteroatoms. The average Bonchev–Trinajstić information content (AvgIpc) is 2.76. The van der Waals surface area contributed by atoms with E-state index in [1.54, 1.807) is 0 Å². The minimum atomic E-state index is -0.441. The zero-order valence-electron chi connectivity index (χ0n) is 20.6. The molecule has 0 aromatic rings. The Morgan fingerprint density at radius 2 is 1.20 bits per heavy atom. The molecule has 1 atom stereocenters. The van der Waals surface area contributed by atoms with Gasteiger partial charge in [0.1, 0.15) is 0 Å². The first-order valence-electron chi connectivity index (χ1n) is 12.9. The second kappa shape index (κ2) is 21.4. The zero-order valence-corrected chi connectivity index (χ0v) is 20.6. The van der Waals surface area contributed by atoms with Crippen molar-refractivity contribution in [2.75, 3.05) is 19.6 Å². The maximum absolute atomic E-state index is 12.0. The van der Waals surface area contributed by atoms with Gasteiger partial charge in [-0.05, 0) is 51.2 Å². The van der Waals surface area contributed by atoms with E-state index in [0.717, 1.165) is 25.8 Å². The molecule has 0 amide bonds. The van der Waals surface area contributed by atoms with Crippen molar-refractivity contribution in [1.82, 2.24) is 4.90 Å². The standard InChI is InChI=1S/C26H52N2O2/c1-5-8-11-14-15-16-19-25(24(4)26(29)30-27)20-23-28(21-17-12-9-6-2)22-18-13-10-7-3/h25H,4-23,27H2,1-3H3. The van der Waals surface area contributed by atoms with E-state index in [1.807, 2.05) is 0 Å². The van der Waals surface area contributed by atoms with Crippen molar-refractivity contribution in [2.24, 2.45) is 11.8 Å². The molecule has 0 saturated carbocycles. The third-order valence-corrected chi connectivity index (χ3v) is 6.22. The van der Waals surface area contributed by atoms with Crippen molar-refractivity contribution in [3.63, 3.8) is 0 Å². The number of carbonyl (C=O) groups is 1. The fourth-order valence-electron chi connectivity index (χ4n) is 4.10. The van der Waals surface area contributed by atoms with Gasteiger partial charge in [0, 0.05) is 5.57 Å². The Labute approximate surface area is 188 Å². The molecule has 0 aliphatic heterocycles. The van der Waals surface area contributed by atoms with Crippen molar-refractivity contribution in [3.05, 3.63) is 12.2 Å². The van der Waals surface area contributed by atoms with Crippen LogP contribution in [0.1, 0.15) is 124 Å². The van der Waals surface area contributed by atoms with Gasteiger partial charge in [0.05, 0.1) is 0 Å². The summed E-state index contributed by atoms with van der Waals surface area (Å²) >= 11 is 0. The Balaban J connectivity index is 4.62. The molecule has 2 N–H and O–H groups in total. The normalized spacial score (nSPS) is 12.3. The molecule has 0 aromatic carbocycles. The summed E-state index contributed by atoms with van der Waals surface area (Å²) in [6.45, 7) is 14.2. The lowest BCUT2D eigenvalue weighted by Crippen LogP contribution is -2.30. The first-order valence-corrected chi connectivity index (χ1v) is 12.9. The van der Waals surface area contributed by atoms with Crippen molar-refractivity contribution in [2.45, 2.75) is 124 Å². The Kier molecular flexibility index (Phi) is 20.7. The first-order chi connectivity index (χ1) is 14.6. The molecule has 178 valence electrons. The molecule has 0 rings (SSSR count). The number of nitrogens with zero attached hydrogens (tertiary/aromatic N) is 1. The third kappa shape index (κ3) is 15.9. The smallest absolute Gasteiger partial charge is 0.352 e. The van der Waals surface area contributed by atoms with Gasteiger partial charge in [-0.15, -0.1) is 0 Å². The minimum Gasteiger partial charge on any atom is -0.370 e. The van der Waals surface area contributed by atoms with Crippen LogP contribution in [0.4, 0.5) is 0 Å². The maximum atomic E-state index is 12.0. The molecule has 0 aliphatic carbocycles. The van der Waals surface area contributed by atoms with Crippen molar-refractivity contribution in [1.29, 1.82) is 0 Å². The van der Waals surface area contributed by atoms with E-state index in [1.165, 1.54) is 96.6 Å².